The van der Waals surface area contributed by atoms with E-state index >= 15 is 0 Å². The molecular formula is C14H20F2O2S2. The molecule has 20 heavy (non-hydrogen) atoms. The Balaban J connectivity index is 2.71. The fourth-order valence-corrected chi connectivity index (χ4v) is 5.16. The largest absolute Gasteiger partial charge is 0.382 e. The van der Waals surface area contributed by atoms with Crippen LogP contribution < -0.4 is 0 Å². The number of allylic oxidation sites excluding steroid dienone is 1. The predicted octanol–water partition coefficient (Wildman–Crippen LogP) is 3.52. The van der Waals surface area contributed by atoms with Crippen LogP contribution in [0.1, 0.15) is 19.3 Å². The van der Waals surface area contributed by atoms with Crippen LogP contribution in [0.3, 0.4) is 0 Å². The van der Waals surface area contributed by atoms with Crippen LogP contribution in [0.2, 0.25) is 0 Å². The van der Waals surface area contributed by atoms with Crippen LogP contribution in [0, 0.1) is 5.92 Å². The van der Waals surface area contributed by atoms with E-state index in [9.17, 15) is 18.7 Å². The van der Waals surface area contributed by atoms with Crippen LogP contribution in [0.4, 0.5) is 8.78 Å². The minimum absolute atomic E-state index is 0.141. The van der Waals surface area contributed by atoms with Crippen LogP contribution in [0.5, 0.6) is 0 Å². The molecule has 6 heteroatoms. The molecule has 1 aliphatic rings. The number of carbonyl (C=O) groups excluding carboxylic acids is 1. The summed E-state index contributed by atoms with van der Waals surface area (Å²) >= 11 is 3.43. The van der Waals surface area contributed by atoms with E-state index in [-0.39, 0.29) is 16.9 Å². The van der Waals surface area contributed by atoms with Crippen molar-refractivity contribution in [2.24, 2.45) is 5.92 Å². The first-order chi connectivity index (χ1) is 9.43. The van der Waals surface area contributed by atoms with Gasteiger partial charge in [0, 0.05) is 6.42 Å². The first kappa shape index (κ1) is 17.7. The standard InChI is InChI=1S/C14H20F2O2S2/c1-3-6-10(13-19-7-5-8-20-13)9-12(18)14(15,16)11(17)4-2/h3-4,10-11,13,17H,1-2,5-9H2. The Labute approximate surface area is 127 Å². The molecule has 0 spiro atoms. The molecule has 2 unspecified atom stereocenters. The number of Topliss-reactive ketones (excluding diaryl/α,β-unsaturated/α-hetero) is 1. The van der Waals surface area contributed by atoms with Gasteiger partial charge in [-0.1, -0.05) is 12.2 Å². The minimum atomic E-state index is -3.76. The third-order valence-electron chi connectivity index (χ3n) is 3.12. The highest BCUT2D eigenvalue weighted by atomic mass is 32.2. The van der Waals surface area contributed by atoms with E-state index in [0.717, 1.165) is 17.9 Å². The molecule has 1 N–H and O–H groups in total. The Morgan fingerprint density at radius 2 is 2.00 bits per heavy atom. The maximum Gasteiger partial charge on any atom is 0.333 e. The lowest BCUT2D eigenvalue weighted by Gasteiger charge is -2.29. The van der Waals surface area contributed by atoms with Gasteiger partial charge in [0.2, 0.25) is 5.78 Å². The average molecular weight is 322 g/mol. The van der Waals surface area contributed by atoms with Crippen LogP contribution in [-0.2, 0) is 4.79 Å². The lowest BCUT2D eigenvalue weighted by atomic mass is 9.95. The van der Waals surface area contributed by atoms with E-state index in [2.05, 4.69) is 13.2 Å². The molecule has 0 amide bonds. The van der Waals surface area contributed by atoms with Crippen molar-refractivity contribution < 1.29 is 18.7 Å². The SMILES string of the molecule is C=CCC(CC(=O)C(F)(F)C(O)C=C)C1SCCCS1. The monoisotopic (exact) mass is 322 g/mol. The van der Waals surface area contributed by atoms with Crippen molar-refractivity contribution in [2.75, 3.05) is 11.5 Å². The van der Waals surface area contributed by atoms with Gasteiger partial charge in [0.15, 0.2) is 0 Å². The van der Waals surface area contributed by atoms with Crippen molar-refractivity contribution in [1.82, 2.24) is 0 Å². The van der Waals surface area contributed by atoms with Gasteiger partial charge in [-0.2, -0.15) is 8.78 Å². The van der Waals surface area contributed by atoms with E-state index in [1.54, 1.807) is 29.6 Å². The Bertz CT molecular complexity index is 355. The zero-order chi connectivity index (χ0) is 15.2. The number of carbonyl (C=O) groups is 1. The Kier molecular flexibility index (Phi) is 7.26. The van der Waals surface area contributed by atoms with E-state index in [0.29, 0.717) is 12.5 Å². The number of hydrogen-bond acceptors (Lipinski definition) is 4. The molecule has 114 valence electrons. The third-order valence-corrected chi connectivity index (χ3v) is 6.41. The van der Waals surface area contributed by atoms with Crippen molar-refractivity contribution in [3.63, 3.8) is 0 Å². The molecule has 0 saturated carbocycles. The Morgan fingerprint density at radius 3 is 2.50 bits per heavy atom. The topological polar surface area (TPSA) is 37.3 Å². The fraction of sp³-hybridized carbons (Fsp3) is 0.643. The number of thioether (sulfide) groups is 2. The molecule has 0 aromatic rings. The van der Waals surface area contributed by atoms with Crippen LogP contribution in [0.15, 0.2) is 25.3 Å². The maximum atomic E-state index is 13.7. The molecule has 1 rings (SSSR count). The molecule has 0 bridgehead atoms. The van der Waals surface area contributed by atoms with Gasteiger partial charge in [-0.15, -0.1) is 36.7 Å². The highest BCUT2D eigenvalue weighted by Crippen LogP contribution is 2.40. The third kappa shape index (κ3) is 4.60. The molecule has 1 aliphatic heterocycles. The Hall–Kier alpha value is -0.330. The summed E-state index contributed by atoms with van der Waals surface area (Å²) in [6, 6.07) is 0. The summed E-state index contributed by atoms with van der Waals surface area (Å²) in [4.78, 5) is 11.8. The van der Waals surface area contributed by atoms with Crippen molar-refractivity contribution in [3.05, 3.63) is 25.3 Å². The number of aliphatic hydroxyl groups is 1. The van der Waals surface area contributed by atoms with Gasteiger partial charge < -0.3 is 5.11 Å². The zero-order valence-corrected chi connectivity index (χ0v) is 12.9. The maximum absolute atomic E-state index is 13.7. The minimum Gasteiger partial charge on any atom is -0.382 e. The van der Waals surface area contributed by atoms with Gasteiger partial charge in [-0.25, -0.2) is 0 Å². The van der Waals surface area contributed by atoms with E-state index in [4.69, 9.17) is 0 Å². The second kappa shape index (κ2) is 8.20. The number of aliphatic hydroxyl groups excluding tert-OH is 1. The molecule has 2 nitrogen and oxygen atoms in total. The predicted molar refractivity (Wildman–Crippen MR) is 82.4 cm³/mol. The van der Waals surface area contributed by atoms with Crippen molar-refractivity contribution in [3.8, 4) is 0 Å². The lowest BCUT2D eigenvalue weighted by Crippen LogP contribution is -2.41. The quantitative estimate of drug-likeness (QED) is 0.694. The number of ketones is 1. The molecule has 1 heterocycles. The van der Waals surface area contributed by atoms with E-state index < -0.39 is 17.8 Å². The molecule has 0 aliphatic carbocycles. The van der Waals surface area contributed by atoms with Crippen molar-refractivity contribution in [1.29, 1.82) is 0 Å². The molecule has 1 fully saturated rings. The molecular weight excluding hydrogens is 302 g/mol. The molecule has 1 saturated heterocycles. The normalized spacial score (nSPS) is 20.1. The van der Waals surface area contributed by atoms with Gasteiger partial charge in [0.1, 0.15) is 6.10 Å². The van der Waals surface area contributed by atoms with Gasteiger partial charge in [0.25, 0.3) is 0 Å². The lowest BCUT2D eigenvalue weighted by molar-refractivity contribution is -0.156. The van der Waals surface area contributed by atoms with Crippen LogP contribution >= 0.6 is 23.5 Å². The smallest absolute Gasteiger partial charge is 0.333 e. The summed E-state index contributed by atoms with van der Waals surface area (Å²) < 4.78 is 27.5. The first-order valence-corrected chi connectivity index (χ1v) is 8.59. The molecule has 0 radical (unpaired) electrons. The van der Waals surface area contributed by atoms with Gasteiger partial charge in [0.05, 0.1) is 4.58 Å². The zero-order valence-electron chi connectivity index (χ0n) is 11.3. The van der Waals surface area contributed by atoms with Crippen molar-refractivity contribution >= 4 is 29.3 Å². The van der Waals surface area contributed by atoms with Crippen LogP contribution in [-0.4, -0.2) is 39.0 Å². The summed E-state index contributed by atoms with van der Waals surface area (Å²) in [5.74, 6) is -3.16. The first-order valence-electron chi connectivity index (χ1n) is 6.49. The number of hydrogen-bond donors (Lipinski definition) is 1. The summed E-state index contributed by atoms with van der Waals surface area (Å²) in [6.45, 7) is 6.74. The summed E-state index contributed by atoms with van der Waals surface area (Å²) in [5.41, 5.74) is 0. The molecule has 0 aromatic carbocycles. The second-order valence-corrected chi connectivity index (χ2v) is 7.48. The highest BCUT2D eigenvalue weighted by molar-refractivity contribution is 8.17. The van der Waals surface area contributed by atoms with Gasteiger partial charge >= 0.3 is 5.92 Å². The summed E-state index contributed by atoms with van der Waals surface area (Å²) in [5, 5.41) is 9.19. The fourth-order valence-electron chi connectivity index (χ4n) is 1.97. The average Bonchev–Trinajstić information content (AvgIpc) is 2.46. The second-order valence-electron chi connectivity index (χ2n) is 4.68. The molecule has 2 atom stereocenters. The van der Waals surface area contributed by atoms with Crippen LogP contribution in [0.25, 0.3) is 0 Å². The number of alkyl halides is 2. The summed E-state index contributed by atoms with van der Waals surface area (Å²) in [7, 11) is 0. The Morgan fingerprint density at radius 1 is 1.40 bits per heavy atom. The van der Waals surface area contributed by atoms with E-state index in [1.165, 1.54) is 0 Å². The highest BCUT2D eigenvalue weighted by Gasteiger charge is 2.45. The molecule has 0 aromatic heterocycles. The van der Waals surface area contributed by atoms with E-state index in [1.807, 2.05) is 0 Å². The number of rotatable bonds is 8. The van der Waals surface area contributed by atoms with Crippen molar-refractivity contribution in [2.45, 2.75) is 35.9 Å². The summed E-state index contributed by atoms with van der Waals surface area (Å²) in [6.07, 6.45) is 1.63. The van der Waals surface area contributed by atoms with Gasteiger partial charge in [-0.3, -0.25) is 4.79 Å². The van der Waals surface area contributed by atoms with Gasteiger partial charge in [-0.05, 0) is 30.3 Å². The number of halogens is 2.